The Bertz CT molecular complexity index is 956. The van der Waals surface area contributed by atoms with E-state index in [9.17, 15) is 19.5 Å². The Morgan fingerprint density at radius 3 is 2.60 bits per heavy atom. The largest absolute Gasteiger partial charge is 0.396 e. The lowest BCUT2D eigenvalue weighted by molar-refractivity contribution is -0.142. The topological polar surface area (TPSA) is 108 Å². The van der Waals surface area contributed by atoms with Crippen LogP contribution in [0.25, 0.3) is 0 Å². The second-order valence-electron chi connectivity index (χ2n) is 10.3. The summed E-state index contributed by atoms with van der Waals surface area (Å²) in [5.74, 6) is -2.02. The molecule has 3 unspecified atom stereocenters. The molecule has 3 aliphatic heterocycles. The summed E-state index contributed by atoms with van der Waals surface area (Å²) in [6.45, 7) is 0.545. The first kappa shape index (κ1) is 24.7. The van der Waals surface area contributed by atoms with Gasteiger partial charge in [-0.15, -0.1) is 0 Å². The van der Waals surface area contributed by atoms with E-state index >= 15 is 0 Å². The summed E-state index contributed by atoms with van der Waals surface area (Å²) >= 11 is 3.69. The molecule has 6 atom stereocenters. The van der Waals surface area contributed by atoms with Gasteiger partial charge >= 0.3 is 0 Å². The summed E-state index contributed by atoms with van der Waals surface area (Å²) in [6, 6.07) is 8.94. The summed E-state index contributed by atoms with van der Waals surface area (Å²) < 4.78 is 6.49. The smallest absolute Gasteiger partial charge is 0.246 e. The first-order valence-corrected chi connectivity index (χ1v) is 13.7. The Balaban J connectivity index is 1.40. The highest BCUT2D eigenvalue weighted by atomic mass is 79.9. The Hall–Kier alpha value is -1.97. The standard InChI is InChI=1S/C26H34BrN3O5/c27-18-14-26-20(19(21(18)35-26)23(32)28-15-16-8-3-1-4-9-16)25(34)30(12-7-13-31)22(26)24(33)29-17-10-5-2-6-11-17/h1,3-4,8-9,17-22,31H,2,5-7,10-15H2,(H,28,32)(H,29,33)/t18?,19-,20-,21-,22?,26?/m0/s1. The number of likely N-dealkylation sites (tertiary alicyclic amines) is 1. The fraction of sp³-hybridized carbons (Fsp3) is 0.654. The minimum Gasteiger partial charge on any atom is -0.396 e. The van der Waals surface area contributed by atoms with E-state index in [1.807, 2.05) is 30.3 Å². The molecule has 2 bridgehead atoms. The van der Waals surface area contributed by atoms with Crippen LogP contribution in [-0.2, 0) is 25.7 Å². The number of rotatable bonds is 8. The lowest BCUT2D eigenvalue weighted by atomic mass is 9.70. The molecule has 9 heteroatoms. The number of benzene rings is 1. The van der Waals surface area contributed by atoms with Gasteiger partial charge in [-0.3, -0.25) is 14.4 Å². The zero-order valence-electron chi connectivity index (χ0n) is 19.8. The van der Waals surface area contributed by atoms with Crippen molar-refractivity contribution in [3.8, 4) is 0 Å². The number of carbonyl (C=O) groups is 3. The Morgan fingerprint density at radius 2 is 1.89 bits per heavy atom. The lowest BCUT2D eigenvalue weighted by Crippen LogP contribution is -2.57. The van der Waals surface area contributed by atoms with Crippen molar-refractivity contribution >= 4 is 33.7 Å². The van der Waals surface area contributed by atoms with E-state index in [2.05, 4.69) is 26.6 Å². The zero-order chi connectivity index (χ0) is 24.6. The normalized spacial score (nSPS) is 34.2. The number of alkyl halides is 1. The number of hydrogen-bond donors (Lipinski definition) is 3. The highest BCUT2D eigenvalue weighted by Crippen LogP contribution is 2.60. The molecule has 0 aromatic heterocycles. The molecule has 4 aliphatic rings. The molecule has 35 heavy (non-hydrogen) atoms. The van der Waals surface area contributed by atoms with Gasteiger partial charge in [-0.25, -0.2) is 0 Å². The number of nitrogens with zero attached hydrogens (tertiary/aromatic N) is 1. The fourth-order valence-electron chi connectivity index (χ4n) is 6.64. The zero-order valence-corrected chi connectivity index (χ0v) is 21.4. The van der Waals surface area contributed by atoms with E-state index < -0.39 is 29.6 Å². The number of aliphatic hydroxyl groups is 1. The molecule has 1 saturated carbocycles. The predicted octanol–water partition coefficient (Wildman–Crippen LogP) is 1.88. The van der Waals surface area contributed by atoms with E-state index in [0.717, 1.165) is 31.2 Å². The van der Waals surface area contributed by atoms with Gasteiger partial charge in [-0.1, -0.05) is 65.5 Å². The van der Waals surface area contributed by atoms with Crippen molar-refractivity contribution in [2.45, 2.75) is 80.1 Å². The van der Waals surface area contributed by atoms with Crippen LogP contribution >= 0.6 is 15.9 Å². The van der Waals surface area contributed by atoms with E-state index in [1.165, 1.54) is 6.42 Å². The quantitative estimate of drug-likeness (QED) is 0.430. The van der Waals surface area contributed by atoms with Crippen LogP contribution in [0.5, 0.6) is 0 Å². The van der Waals surface area contributed by atoms with Gasteiger partial charge < -0.3 is 25.4 Å². The third-order valence-corrected chi connectivity index (χ3v) is 9.00. The van der Waals surface area contributed by atoms with Crippen molar-refractivity contribution in [3.63, 3.8) is 0 Å². The van der Waals surface area contributed by atoms with E-state index in [4.69, 9.17) is 4.74 Å². The summed E-state index contributed by atoms with van der Waals surface area (Å²) in [5.41, 5.74) is -0.0686. The summed E-state index contributed by atoms with van der Waals surface area (Å²) in [4.78, 5) is 42.3. The number of amides is 3. The van der Waals surface area contributed by atoms with Gasteiger partial charge in [0, 0.05) is 30.6 Å². The number of fused-ring (bicyclic) bond motifs is 1. The highest BCUT2D eigenvalue weighted by Gasteiger charge is 2.76. The third-order valence-electron chi connectivity index (χ3n) is 8.16. The summed E-state index contributed by atoms with van der Waals surface area (Å²) in [6.07, 6.45) is 5.62. The molecule has 3 N–H and O–H groups in total. The van der Waals surface area contributed by atoms with Crippen LogP contribution in [0.1, 0.15) is 50.5 Å². The van der Waals surface area contributed by atoms with Crippen LogP contribution in [0.3, 0.4) is 0 Å². The minimum absolute atomic E-state index is 0.0794. The molecule has 4 fully saturated rings. The maximum absolute atomic E-state index is 13.8. The van der Waals surface area contributed by atoms with Crippen molar-refractivity contribution in [1.29, 1.82) is 0 Å². The summed E-state index contributed by atoms with van der Waals surface area (Å²) in [7, 11) is 0. The van der Waals surface area contributed by atoms with Crippen molar-refractivity contribution in [1.82, 2.24) is 15.5 Å². The molecule has 3 amide bonds. The van der Waals surface area contributed by atoms with Crippen molar-refractivity contribution < 1.29 is 24.2 Å². The number of carbonyl (C=O) groups excluding carboxylic acids is 3. The van der Waals surface area contributed by atoms with E-state index in [0.29, 0.717) is 19.4 Å². The van der Waals surface area contributed by atoms with Crippen LogP contribution in [0.4, 0.5) is 0 Å². The first-order chi connectivity index (χ1) is 17.0. The maximum atomic E-state index is 13.8. The van der Waals surface area contributed by atoms with Crippen LogP contribution in [-0.4, -0.2) is 69.5 Å². The molecule has 190 valence electrons. The number of ether oxygens (including phenoxy) is 1. The molecule has 5 rings (SSSR count). The van der Waals surface area contributed by atoms with Gasteiger partial charge in [-0.05, 0) is 31.2 Å². The number of halogens is 1. The van der Waals surface area contributed by atoms with Crippen LogP contribution < -0.4 is 10.6 Å². The maximum Gasteiger partial charge on any atom is 0.246 e. The second kappa shape index (κ2) is 10.2. The van der Waals surface area contributed by atoms with Crippen LogP contribution in [0.2, 0.25) is 0 Å². The summed E-state index contributed by atoms with van der Waals surface area (Å²) in [5, 5.41) is 15.6. The van der Waals surface area contributed by atoms with Crippen LogP contribution in [0, 0.1) is 11.8 Å². The van der Waals surface area contributed by atoms with Gasteiger partial charge in [0.1, 0.15) is 11.6 Å². The Labute approximate surface area is 214 Å². The van der Waals surface area contributed by atoms with Gasteiger partial charge in [0.05, 0.1) is 17.9 Å². The van der Waals surface area contributed by atoms with Crippen molar-refractivity contribution in [3.05, 3.63) is 35.9 Å². The molecular formula is C26H34BrN3O5. The molecule has 1 spiro atoms. The van der Waals surface area contributed by atoms with E-state index in [-0.39, 0.29) is 41.7 Å². The average molecular weight is 548 g/mol. The molecule has 1 aliphatic carbocycles. The second-order valence-corrected chi connectivity index (χ2v) is 11.5. The highest BCUT2D eigenvalue weighted by molar-refractivity contribution is 9.09. The molecule has 3 heterocycles. The molecular weight excluding hydrogens is 514 g/mol. The molecule has 1 aromatic rings. The van der Waals surface area contributed by atoms with Gasteiger partial charge in [0.2, 0.25) is 17.7 Å². The molecule has 8 nitrogen and oxygen atoms in total. The predicted molar refractivity (Wildman–Crippen MR) is 132 cm³/mol. The molecule has 3 saturated heterocycles. The van der Waals surface area contributed by atoms with Gasteiger partial charge in [-0.2, -0.15) is 0 Å². The first-order valence-electron chi connectivity index (χ1n) is 12.8. The molecule has 1 aromatic carbocycles. The van der Waals surface area contributed by atoms with Gasteiger partial charge in [0.15, 0.2) is 0 Å². The monoisotopic (exact) mass is 547 g/mol. The van der Waals surface area contributed by atoms with Crippen molar-refractivity contribution in [2.24, 2.45) is 11.8 Å². The molecule has 0 radical (unpaired) electrons. The lowest BCUT2D eigenvalue weighted by Gasteiger charge is -2.35. The Morgan fingerprint density at radius 1 is 1.14 bits per heavy atom. The Kier molecular flexibility index (Phi) is 7.19. The van der Waals surface area contributed by atoms with E-state index in [1.54, 1.807) is 4.90 Å². The van der Waals surface area contributed by atoms with Gasteiger partial charge in [0.25, 0.3) is 0 Å². The minimum atomic E-state index is -1.04. The van der Waals surface area contributed by atoms with Crippen LogP contribution in [0.15, 0.2) is 30.3 Å². The fourth-order valence-corrected chi connectivity index (χ4v) is 7.58. The number of nitrogens with one attached hydrogen (secondary N) is 2. The average Bonchev–Trinajstić information content (AvgIpc) is 3.45. The third kappa shape index (κ3) is 4.40. The number of aliphatic hydroxyl groups excluding tert-OH is 1. The SMILES string of the molecule is O=C(NC1CCCCC1)C1N(CCCO)C(=O)[C@@H]2[C@H](C(=O)NCc3ccccc3)[C@H]3OC12CC3Br. The van der Waals surface area contributed by atoms with Crippen molar-refractivity contribution in [2.75, 3.05) is 13.2 Å². The number of hydrogen-bond acceptors (Lipinski definition) is 5.